The maximum absolute atomic E-state index is 11.9. The Morgan fingerprint density at radius 3 is 2.93 bits per heavy atom. The van der Waals surface area contributed by atoms with Gasteiger partial charge in [0.2, 0.25) is 5.91 Å². The second-order valence-electron chi connectivity index (χ2n) is 7.76. The molecule has 0 saturated carbocycles. The van der Waals surface area contributed by atoms with Gasteiger partial charge in [-0.2, -0.15) is 0 Å². The molecule has 7 heteroatoms. The lowest BCUT2D eigenvalue weighted by molar-refractivity contribution is -0.116. The Labute approximate surface area is 174 Å². The molecular formula is C22H36N4O3. The van der Waals surface area contributed by atoms with Crippen molar-refractivity contribution >= 4 is 17.6 Å². The second kappa shape index (κ2) is 13.2. The summed E-state index contributed by atoms with van der Waals surface area (Å²) in [4.78, 5) is 16.2. The van der Waals surface area contributed by atoms with Gasteiger partial charge < -0.3 is 25.4 Å². The average molecular weight is 405 g/mol. The quantitative estimate of drug-likeness (QED) is 0.300. The van der Waals surface area contributed by atoms with Crippen LogP contribution in [-0.4, -0.2) is 51.4 Å². The first-order valence-electron chi connectivity index (χ1n) is 10.6. The van der Waals surface area contributed by atoms with E-state index >= 15 is 0 Å². The van der Waals surface area contributed by atoms with E-state index in [4.69, 9.17) is 9.47 Å². The molecule has 1 aromatic rings. The van der Waals surface area contributed by atoms with Crippen molar-refractivity contribution in [3.63, 3.8) is 0 Å². The highest BCUT2D eigenvalue weighted by molar-refractivity contribution is 5.90. The number of guanidine groups is 1. The molecule has 0 aliphatic carbocycles. The molecule has 0 radical (unpaired) electrons. The van der Waals surface area contributed by atoms with Crippen LogP contribution in [0.4, 0.5) is 5.69 Å². The van der Waals surface area contributed by atoms with E-state index in [9.17, 15) is 4.79 Å². The summed E-state index contributed by atoms with van der Waals surface area (Å²) >= 11 is 0. The SMILES string of the molecule is CN=C(NCCCOCC1CCCO1)NCc1cccc(NC(=O)CC(C)C)c1. The second-order valence-corrected chi connectivity index (χ2v) is 7.76. The fourth-order valence-electron chi connectivity index (χ4n) is 3.12. The minimum atomic E-state index is 0.0456. The van der Waals surface area contributed by atoms with Crippen LogP contribution in [-0.2, 0) is 20.8 Å². The molecule has 162 valence electrons. The summed E-state index contributed by atoms with van der Waals surface area (Å²) in [6, 6.07) is 7.86. The van der Waals surface area contributed by atoms with Gasteiger partial charge in [-0.05, 0) is 42.9 Å². The molecule has 1 atom stereocenters. The normalized spacial score (nSPS) is 16.8. The third-order valence-electron chi connectivity index (χ3n) is 4.57. The number of hydrogen-bond acceptors (Lipinski definition) is 4. The van der Waals surface area contributed by atoms with Crippen molar-refractivity contribution in [2.24, 2.45) is 10.9 Å². The van der Waals surface area contributed by atoms with Crippen molar-refractivity contribution in [1.29, 1.82) is 0 Å². The largest absolute Gasteiger partial charge is 0.379 e. The zero-order valence-electron chi connectivity index (χ0n) is 18.0. The van der Waals surface area contributed by atoms with Gasteiger partial charge in [0.05, 0.1) is 12.7 Å². The highest BCUT2D eigenvalue weighted by Gasteiger charge is 2.14. The lowest BCUT2D eigenvalue weighted by Gasteiger charge is -2.14. The zero-order valence-corrected chi connectivity index (χ0v) is 18.0. The third kappa shape index (κ3) is 9.76. The summed E-state index contributed by atoms with van der Waals surface area (Å²) in [5.74, 6) is 1.14. The molecule has 1 aliphatic rings. The number of hydrogen-bond donors (Lipinski definition) is 3. The summed E-state index contributed by atoms with van der Waals surface area (Å²) in [5, 5.41) is 9.55. The monoisotopic (exact) mass is 404 g/mol. The number of amides is 1. The van der Waals surface area contributed by atoms with Crippen molar-refractivity contribution in [3.05, 3.63) is 29.8 Å². The maximum Gasteiger partial charge on any atom is 0.224 e. The van der Waals surface area contributed by atoms with Gasteiger partial charge >= 0.3 is 0 Å². The molecule has 2 rings (SSSR count). The fraction of sp³-hybridized carbons (Fsp3) is 0.636. The molecule has 1 fully saturated rings. The molecule has 7 nitrogen and oxygen atoms in total. The third-order valence-corrected chi connectivity index (χ3v) is 4.57. The number of benzene rings is 1. The molecule has 1 unspecified atom stereocenters. The summed E-state index contributed by atoms with van der Waals surface area (Å²) in [6.07, 6.45) is 3.96. The Morgan fingerprint density at radius 1 is 1.34 bits per heavy atom. The van der Waals surface area contributed by atoms with Crippen LogP contribution in [0.25, 0.3) is 0 Å². The zero-order chi connectivity index (χ0) is 20.9. The van der Waals surface area contributed by atoms with Crippen LogP contribution in [0, 0.1) is 5.92 Å². The molecule has 1 saturated heterocycles. The van der Waals surface area contributed by atoms with Gasteiger partial charge in [-0.3, -0.25) is 9.79 Å². The summed E-state index contributed by atoms with van der Waals surface area (Å²) in [6.45, 7) is 7.76. The molecule has 1 aromatic carbocycles. The summed E-state index contributed by atoms with van der Waals surface area (Å²) in [5.41, 5.74) is 1.90. The minimum absolute atomic E-state index is 0.0456. The van der Waals surface area contributed by atoms with E-state index in [1.807, 2.05) is 38.1 Å². The van der Waals surface area contributed by atoms with Crippen LogP contribution in [0.1, 0.15) is 45.1 Å². The van der Waals surface area contributed by atoms with E-state index in [1.165, 1.54) is 0 Å². The van der Waals surface area contributed by atoms with E-state index < -0.39 is 0 Å². The Bertz CT molecular complexity index is 643. The van der Waals surface area contributed by atoms with E-state index in [0.717, 1.165) is 49.6 Å². The van der Waals surface area contributed by atoms with Crippen LogP contribution in [0.3, 0.4) is 0 Å². The van der Waals surface area contributed by atoms with Gasteiger partial charge in [0, 0.05) is 45.5 Å². The molecule has 0 bridgehead atoms. The average Bonchev–Trinajstić information content (AvgIpc) is 3.20. The van der Waals surface area contributed by atoms with Crippen molar-refractivity contribution in [2.45, 2.75) is 52.2 Å². The van der Waals surface area contributed by atoms with Crippen LogP contribution in [0.5, 0.6) is 0 Å². The fourth-order valence-corrected chi connectivity index (χ4v) is 3.12. The van der Waals surface area contributed by atoms with Gasteiger partial charge in [-0.15, -0.1) is 0 Å². The topological polar surface area (TPSA) is 84.0 Å². The van der Waals surface area contributed by atoms with Crippen LogP contribution in [0.2, 0.25) is 0 Å². The van der Waals surface area contributed by atoms with Crippen molar-refractivity contribution < 1.29 is 14.3 Å². The predicted molar refractivity (Wildman–Crippen MR) is 117 cm³/mol. The molecule has 1 heterocycles. The molecule has 29 heavy (non-hydrogen) atoms. The van der Waals surface area contributed by atoms with Gasteiger partial charge in [0.25, 0.3) is 0 Å². The minimum Gasteiger partial charge on any atom is -0.379 e. The smallest absolute Gasteiger partial charge is 0.224 e. The number of carbonyl (C=O) groups excluding carboxylic acids is 1. The predicted octanol–water partition coefficient (Wildman–Crippen LogP) is 2.92. The maximum atomic E-state index is 11.9. The van der Waals surface area contributed by atoms with E-state index in [2.05, 4.69) is 20.9 Å². The highest BCUT2D eigenvalue weighted by atomic mass is 16.5. The first kappa shape index (κ1) is 23.2. The van der Waals surface area contributed by atoms with Crippen LogP contribution >= 0.6 is 0 Å². The number of anilines is 1. The molecule has 0 spiro atoms. The molecule has 1 aliphatic heterocycles. The first-order chi connectivity index (χ1) is 14.1. The van der Waals surface area contributed by atoms with E-state index in [-0.39, 0.29) is 12.0 Å². The number of nitrogens with zero attached hydrogens (tertiary/aromatic N) is 1. The summed E-state index contributed by atoms with van der Waals surface area (Å²) in [7, 11) is 1.76. The van der Waals surface area contributed by atoms with Crippen molar-refractivity contribution in [3.8, 4) is 0 Å². The van der Waals surface area contributed by atoms with Crippen LogP contribution in [0.15, 0.2) is 29.3 Å². The van der Waals surface area contributed by atoms with Gasteiger partial charge in [0.1, 0.15) is 0 Å². The Kier molecular flexibility index (Phi) is 10.5. The highest BCUT2D eigenvalue weighted by Crippen LogP contribution is 2.13. The standard InChI is InChI=1S/C22H36N4O3/c1-17(2)13-21(27)26-19-8-4-7-18(14-19)15-25-22(23-3)24-10-6-11-28-16-20-9-5-12-29-20/h4,7-8,14,17,20H,5-6,9-13,15-16H2,1-3H3,(H,26,27)(H2,23,24,25). The van der Waals surface area contributed by atoms with E-state index in [0.29, 0.717) is 32.1 Å². The number of nitrogens with one attached hydrogen (secondary N) is 3. The lowest BCUT2D eigenvalue weighted by Crippen LogP contribution is -2.37. The van der Waals surface area contributed by atoms with E-state index in [1.54, 1.807) is 7.05 Å². The van der Waals surface area contributed by atoms with Crippen molar-refractivity contribution in [2.75, 3.05) is 38.7 Å². The molecular weight excluding hydrogens is 368 g/mol. The van der Waals surface area contributed by atoms with Gasteiger partial charge in [-0.25, -0.2) is 0 Å². The van der Waals surface area contributed by atoms with Gasteiger partial charge in [0.15, 0.2) is 5.96 Å². The van der Waals surface area contributed by atoms with Crippen LogP contribution < -0.4 is 16.0 Å². The molecule has 3 N–H and O–H groups in total. The molecule has 1 amide bonds. The Hall–Kier alpha value is -2.12. The number of aliphatic imine (C=N–C) groups is 1. The number of ether oxygens (including phenoxy) is 2. The summed E-state index contributed by atoms with van der Waals surface area (Å²) < 4.78 is 11.2. The molecule has 0 aromatic heterocycles. The number of carbonyl (C=O) groups is 1. The Morgan fingerprint density at radius 2 is 2.21 bits per heavy atom. The van der Waals surface area contributed by atoms with Gasteiger partial charge in [-0.1, -0.05) is 26.0 Å². The Balaban J connectivity index is 1.63. The first-order valence-corrected chi connectivity index (χ1v) is 10.6. The number of rotatable bonds is 11. The lowest BCUT2D eigenvalue weighted by atomic mass is 10.1. The van der Waals surface area contributed by atoms with Crippen molar-refractivity contribution in [1.82, 2.24) is 10.6 Å².